The Labute approximate surface area is 104 Å². The van der Waals surface area contributed by atoms with Crippen LogP contribution in [0.1, 0.15) is 24.0 Å². The molecule has 16 heavy (non-hydrogen) atoms. The average Bonchev–Trinajstić information content (AvgIpc) is 2.96. The topological polar surface area (TPSA) is 44.5 Å². The van der Waals surface area contributed by atoms with Crippen molar-refractivity contribution in [2.75, 3.05) is 14.2 Å². The monoisotopic (exact) mass is 285 g/mol. The molecular formula is C12H16BrNO2. The third-order valence-corrected chi connectivity index (χ3v) is 3.41. The van der Waals surface area contributed by atoms with Gasteiger partial charge >= 0.3 is 0 Å². The van der Waals surface area contributed by atoms with Crippen LogP contribution in [-0.2, 0) is 16.9 Å². The van der Waals surface area contributed by atoms with Gasteiger partial charge < -0.3 is 15.2 Å². The van der Waals surface area contributed by atoms with Crippen LogP contribution in [0.25, 0.3) is 0 Å². The van der Waals surface area contributed by atoms with Gasteiger partial charge in [0.1, 0.15) is 5.75 Å². The molecule has 0 aromatic heterocycles. The highest BCUT2D eigenvalue weighted by Gasteiger charge is 2.43. The minimum atomic E-state index is -0.208. The van der Waals surface area contributed by atoms with Crippen molar-refractivity contribution in [1.29, 1.82) is 0 Å². The van der Waals surface area contributed by atoms with Crippen molar-refractivity contribution in [2.24, 2.45) is 5.73 Å². The van der Waals surface area contributed by atoms with Crippen LogP contribution in [0, 0.1) is 0 Å². The predicted octanol–water partition coefficient (Wildman–Crippen LogP) is 2.55. The average molecular weight is 286 g/mol. The first-order valence-electron chi connectivity index (χ1n) is 5.25. The fourth-order valence-electron chi connectivity index (χ4n) is 2.02. The summed E-state index contributed by atoms with van der Waals surface area (Å²) in [7, 11) is 3.36. The fraction of sp³-hybridized carbons (Fsp3) is 0.500. The summed E-state index contributed by atoms with van der Waals surface area (Å²) >= 11 is 3.47. The number of halogens is 1. The summed E-state index contributed by atoms with van der Waals surface area (Å²) in [6, 6.07) is 4.01. The van der Waals surface area contributed by atoms with Crippen LogP contribution >= 0.6 is 15.9 Å². The molecule has 1 saturated carbocycles. The third-order valence-electron chi connectivity index (χ3n) is 2.95. The molecule has 1 aromatic carbocycles. The number of hydrogen-bond donors (Lipinski definition) is 1. The second-order valence-electron chi connectivity index (χ2n) is 4.23. The van der Waals surface area contributed by atoms with Crippen LogP contribution in [0.2, 0.25) is 0 Å². The number of methoxy groups -OCH3 is 2. The Morgan fingerprint density at radius 1 is 1.38 bits per heavy atom. The minimum Gasteiger partial charge on any atom is -0.496 e. The molecule has 0 amide bonds. The number of benzene rings is 1. The largest absolute Gasteiger partial charge is 0.496 e. The lowest BCUT2D eigenvalue weighted by molar-refractivity contribution is 0.183. The van der Waals surface area contributed by atoms with Crippen molar-refractivity contribution >= 4 is 15.9 Å². The zero-order chi connectivity index (χ0) is 11.8. The molecule has 1 aliphatic rings. The van der Waals surface area contributed by atoms with Gasteiger partial charge in [-0.3, -0.25) is 0 Å². The van der Waals surface area contributed by atoms with Gasteiger partial charge in [-0.05, 0) is 30.5 Å². The van der Waals surface area contributed by atoms with Crippen molar-refractivity contribution < 1.29 is 9.47 Å². The van der Waals surface area contributed by atoms with E-state index in [1.54, 1.807) is 14.2 Å². The van der Waals surface area contributed by atoms with Gasteiger partial charge in [-0.25, -0.2) is 0 Å². The second-order valence-corrected chi connectivity index (χ2v) is 5.15. The second kappa shape index (κ2) is 4.35. The van der Waals surface area contributed by atoms with Crippen LogP contribution in [0.5, 0.6) is 5.75 Å². The standard InChI is InChI=1S/C12H16BrNO2/c1-15-7-8-5-9(13)6-10(16-2)11(8)12(14)3-4-12/h5-6H,3-4,7,14H2,1-2H3. The quantitative estimate of drug-likeness (QED) is 0.925. The Kier molecular flexibility index (Phi) is 3.24. The Morgan fingerprint density at radius 3 is 2.56 bits per heavy atom. The van der Waals surface area contributed by atoms with Gasteiger partial charge in [0, 0.05) is 22.7 Å². The van der Waals surface area contributed by atoms with E-state index in [1.165, 1.54) is 0 Å². The van der Waals surface area contributed by atoms with Crippen molar-refractivity contribution in [1.82, 2.24) is 0 Å². The maximum Gasteiger partial charge on any atom is 0.125 e. The van der Waals surface area contributed by atoms with Gasteiger partial charge in [-0.1, -0.05) is 15.9 Å². The van der Waals surface area contributed by atoms with E-state index in [0.29, 0.717) is 6.61 Å². The van der Waals surface area contributed by atoms with Crippen LogP contribution in [-0.4, -0.2) is 14.2 Å². The number of hydrogen-bond acceptors (Lipinski definition) is 3. The molecule has 0 radical (unpaired) electrons. The van der Waals surface area contributed by atoms with Crippen LogP contribution in [0.3, 0.4) is 0 Å². The molecule has 0 heterocycles. The maximum atomic E-state index is 6.27. The molecule has 0 saturated heterocycles. The lowest BCUT2D eigenvalue weighted by Gasteiger charge is -2.19. The van der Waals surface area contributed by atoms with Gasteiger partial charge in [0.2, 0.25) is 0 Å². The van der Waals surface area contributed by atoms with Crippen LogP contribution < -0.4 is 10.5 Å². The van der Waals surface area contributed by atoms with E-state index in [1.807, 2.05) is 12.1 Å². The first-order valence-corrected chi connectivity index (χ1v) is 6.05. The molecule has 0 spiro atoms. The molecular weight excluding hydrogens is 270 g/mol. The summed E-state index contributed by atoms with van der Waals surface area (Å²) in [5, 5.41) is 0. The molecule has 0 unspecified atom stereocenters. The van der Waals surface area contributed by atoms with E-state index in [4.69, 9.17) is 15.2 Å². The summed E-state index contributed by atoms with van der Waals surface area (Å²) < 4.78 is 11.6. The number of nitrogens with two attached hydrogens (primary N) is 1. The van der Waals surface area contributed by atoms with E-state index in [-0.39, 0.29) is 5.54 Å². The molecule has 2 N–H and O–H groups in total. The molecule has 0 atom stereocenters. The highest BCUT2D eigenvalue weighted by molar-refractivity contribution is 9.10. The lowest BCUT2D eigenvalue weighted by Crippen LogP contribution is -2.22. The maximum absolute atomic E-state index is 6.27. The number of ether oxygens (including phenoxy) is 2. The normalized spacial score (nSPS) is 17.2. The molecule has 1 aromatic rings. The van der Waals surface area contributed by atoms with E-state index in [9.17, 15) is 0 Å². The van der Waals surface area contributed by atoms with E-state index in [2.05, 4.69) is 15.9 Å². The highest BCUT2D eigenvalue weighted by atomic mass is 79.9. The van der Waals surface area contributed by atoms with Crippen LogP contribution in [0.15, 0.2) is 16.6 Å². The van der Waals surface area contributed by atoms with Gasteiger partial charge in [0.05, 0.1) is 13.7 Å². The first-order chi connectivity index (χ1) is 7.60. The molecule has 0 bridgehead atoms. The lowest BCUT2D eigenvalue weighted by atomic mass is 9.98. The van der Waals surface area contributed by atoms with Crippen molar-refractivity contribution in [3.8, 4) is 5.75 Å². The zero-order valence-corrected chi connectivity index (χ0v) is 11.1. The summed E-state index contributed by atoms with van der Waals surface area (Å²) in [6.07, 6.45) is 2.03. The molecule has 3 nitrogen and oxygen atoms in total. The first kappa shape index (κ1) is 11.9. The molecule has 88 valence electrons. The fourth-order valence-corrected chi connectivity index (χ4v) is 2.50. The van der Waals surface area contributed by atoms with Crippen molar-refractivity contribution in [2.45, 2.75) is 25.0 Å². The molecule has 1 fully saturated rings. The Morgan fingerprint density at radius 2 is 2.06 bits per heavy atom. The van der Waals surface area contributed by atoms with Gasteiger partial charge in [-0.15, -0.1) is 0 Å². The zero-order valence-electron chi connectivity index (χ0n) is 9.55. The van der Waals surface area contributed by atoms with Gasteiger partial charge in [0.25, 0.3) is 0 Å². The predicted molar refractivity (Wildman–Crippen MR) is 66.5 cm³/mol. The molecule has 2 rings (SSSR count). The molecule has 4 heteroatoms. The summed E-state index contributed by atoms with van der Waals surface area (Å²) in [5.41, 5.74) is 8.27. The SMILES string of the molecule is COCc1cc(Br)cc(OC)c1C1(N)CC1. The van der Waals surface area contributed by atoms with Gasteiger partial charge in [-0.2, -0.15) is 0 Å². The summed E-state index contributed by atoms with van der Waals surface area (Å²) in [6.45, 7) is 0.560. The Hall–Kier alpha value is -0.580. The van der Waals surface area contributed by atoms with Crippen molar-refractivity contribution in [3.05, 3.63) is 27.7 Å². The summed E-state index contributed by atoms with van der Waals surface area (Å²) in [4.78, 5) is 0. The third kappa shape index (κ3) is 2.10. The Bertz CT molecular complexity index is 402. The van der Waals surface area contributed by atoms with Gasteiger partial charge in [0.15, 0.2) is 0 Å². The highest BCUT2D eigenvalue weighted by Crippen LogP contribution is 2.48. The minimum absolute atomic E-state index is 0.208. The smallest absolute Gasteiger partial charge is 0.125 e. The number of rotatable bonds is 4. The van der Waals surface area contributed by atoms with E-state index >= 15 is 0 Å². The molecule has 1 aliphatic carbocycles. The van der Waals surface area contributed by atoms with E-state index < -0.39 is 0 Å². The van der Waals surface area contributed by atoms with Crippen molar-refractivity contribution in [3.63, 3.8) is 0 Å². The van der Waals surface area contributed by atoms with E-state index in [0.717, 1.165) is 34.2 Å². The summed E-state index contributed by atoms with van der Waals surface area (Å²) in [5.74, 6) is 0.849. The Balaban J connectivity index is 2.52. The van der Waals surface area contributed by atoms with Crippen LogP contribution in [0.4, 0.5) is 0 Å². The molecule has 0 aliphatic heterocycles.